The fraction of sp³-hybridized carbons (Fsp3) is 0.615. The summed E-state index contributed by atoms with van der Waals surface area (Å²) in [5.74, 6) is 1.96. The molecule has 0 aromatic carbocycles. The summed E-state index contributed by atoms with van der Waals surface area (Å²) in [7, 11) is 0. The standard InChI is InChI=1S/C13H19N5S2/c1-2-3-4-7-19-13-17-10(15-8-5-6-8)9-11(18-13)16-12(14)20-9/h8H,2-7H2,1H3,(H3,14,15,16,17,18). The number of aromatic nitrogens is 3. The van der Waals surface area contributed by atoms with E-state index in [1.165, 1.54) is 43.4 Å². The van der Waals surface area contributed by atoms with Crippen LogP contribution in [0.3, 0.4) is 0 Å². The van der Waals surface area contributed by atoms with E-state index in [-0.39, 0.29) is 0 Å². The van der Waals surface area contributed by atoms with E-state index in [9.17, 15) is 0 Å². The van der Waals surface area contributed by atoms with Gasteiger partial charge in [-0.05, 0) is 19.3 Å². The Hall–Kier alpha value is -1.08. The van der Waals surface area contributed by atoms with E-state index < -0.39 is 0 Å². The molecule has 1 aliphatic carbocycles. The van der Waals surface area contributed by atoms with Crippen molar-refractivity contribution in [1.82, 2.24) is 15.0 Å². The first-order valence-corrected chi connectivity index (χ1v) is 8.90. The maximum atomic E-state index is 5.80. The maximum absolute atomic E-state index is 5.80. The molecule has 3 rings (SSSR count). The SMILES string of the molecule is CCCCCSc1nc(NC2CC2)c2sc(N)nc2n1. The van der Waals surface area contributed by atoms with Crippen molar-refractivity contribution in [2.24, 2.45) is 0 Å². The average molecular weight is 309 g/mol. The molecule has 1 aliphatic rings. The van der Waals surface area contributed by atoms with Crippen LogP contribution in [-0.4, -0.2) is 26.7 Å². The smallest absolute Gasteiger partial charge is 0.191 e. The van der Waals surface area contributed by atoms with E-state index >= 15 is 0 Å². The summed E-state index contributed by atoms with van der Waals surface area (Å²) < 4.78 is 0.979. The number of rotatable bonds is 7. The number of hydrogen-bond donors (Lipinski definition) is 2. The molecule has 0 aliphatic heterocycles. The monoisotopic (exact) mass is 309 g/mol. The van der Waals surface area contributed by atoms with Crippen LogP contribution in [-0.2, 0) is 0 Å². The average Bonchev–Trinajstić information content (AvgIpc) is 3.15. The molecule has 2 heterocycles. The van der Waals surface area contributed by atoms with Gasteiger partial charge in [0.05, 0.1) is 0 Å². The zero-order valence-electron chi connectivity index (χ0n) is 11.6. The van der Waals surface area contributed by atoms with Gasteiger partial charge >= 0.3 is 0 Å². The lowest BCUT2D eigenvalue weighted by Gasteiger charge is -2.06. The van der Waals surface area contributed by atoms with Gasteiger partial charge in [0, 0.05) is 11.8 Å². The minimum Gasteiger partial charge on any atom is -0.375 e. The van der Waals surface area contributed by atoms with Crippen molar-refractivity contribution < 1.29 is 0 Å². The predicted molar refractivity (Wildman–Crippen MR) is 86.5 cm³/mol. The van der Waals surface area contributed by atoms with Gasteiger partial charge in [-0.2, -0.15) is 0 Å². The zero-order chi connectivity index (χ0) is 13.9. The Bertz CT molecular complexity index is 594. The highest BCUT2D eigenvalue weighted by molar-refractivity contribution is 7.99. The molecule has 5 nitrogen and oxygen atoms in total. The second kappa shape index (κ2) is 6.13. The van der Waals surface area contributed by atoms with Crippen LogP contribution in [0.4, 0.5) is 10.9 Å². The van der Waals surface area contributed by atoms with Gasteiger partial charge in [-0.1, -0.05) is 42.9 Å². The molecule has 3 N–H and O–H groups in total. The lowest BCUT2D eigenvalue weighted by atomic mass is 10.3. The molecule has 2 aromatic rings. The summed E-state index contributed by atoms with van der Waals surface area (Å²) in [6.45, 7) is 2.21. The van der Waals surface area contributed by atoms with Crippen LogP contribution in [0.25, 0.3) is 10.3 Å². The normalized spacial score (nSPS) is 14.8. The quantitative estimate of drug-likeness (QED) is 0.463. The highest BCUT2D eigenvalue weighted by Crippen LogP contribution is 2.33. The molecule has 0 amide bonds. The lowest BCUT2D eigenvalue weighted by Crippen LogP contribution is -2.04. The van der Waals surface area contributed by atoms with Crippen LogP contribution in [0.2, 0.25) is 0 Å². The summed E-state index contributed by atoms with van der Waals surface area (Å²) in [5.41, 5.74) is 6.53. The highest BCUT2D eigenvalue weighted by Gasteiger charge is 2.23. The summed E-state index contributed by atoms with van der Waals surface area (Å²) in [6, 6.07) is 0.564. The van der Waals surface area contributed by atoms with Crippen molar-refractivity contribution in [3.05, 3.63) is 0 Å². The second-order valence-electron chi connectivity index (χ2n) is 5.03. The third-order valence-electron chi connectivity index (χ3n) is 3.15. The number of thiazole rings is 1. The van der Waals surface area contributed by atoms with Crippen molar-refractivity contribution in [3.63, 3.8) is 0 Å². The van der Waals surface area contributed by atoms with Crippen molar-refractivity contribution in [1.29, 1.82) is 0 Å². The van der Waals surface area contributed by atoms with E-state index in [0.29, 0.717) is 11.2 Å². The fourth-order valence-corrected chi connectivity index (χ4v) is 3.48. The van der Waals surface area contributed by atoms with Gasteiger partial charge < -0.3 is 11.1 Å². The lowest BCUT2D eigenvalue weighted by molar-refractivity contribution is 0.777. The molecular formula is C13H19N5S2. The molecule has 108 valence electrons. The number of nitrogens with zero attached hydrogens (tertiary/aromatic N) is 3. The molecule has 0 spiro atoms. The predicted octanol–water partition coefficient (Wildman–Crippen LogP) is 3.53. The molecule has 0 bridgehead atoms. The van der Waals surface area contributed by atoms with Gasteiger partial charge in [-0.15, -0.1) is 0 Å². The van der Waals surface area contributed by atoms with Crippen molar-refractivity contribution >= 4 is 44.4 Å². The van der Waals surface area contributed by atoms with Crippen LogP contribution in [0.5, 0.6) is 0 Å². The highest BCUT2D eigenvalue weighted by atomic mass is 32.2. The van der Waals surface area contributed by atoms with Gasteiger partial charge in [-0.3, -0.25) is 0 Å². The summed E-state index contributed by atoms with van der Waals surface area (Å²) in [4.78, 5) is 13.5. The van der Waals surface area contributed by atoms with Crippen molar-refractivity contribution in [2.45, 2.75) is 50.2 Å². The Kier molecular flexibility index (Phi) is 4.26. The van der Waals surface area contributed by atoms with Crippen LogP contribution in [0.1, 0.15) is 39.0 Å². The molecule has 1 saturated carbocycles. The van der Waals surface area contributed by atoms with Crippen molar-refractivity contribution in [2.75, 3.05) is 16.8 Å². The van der Waals surface area contributed by atoms with Crippen LogP contribution in [0, 0.1) is 0 Å². The molecule has 0 unspecified atom stereocenters. The Labute approximate surface area is 126 Å². The van der Waals surface area contributed by atoms with Gasteiger partial charge in [0.15, 0.2) is 21.8 Å². The Morgan fingerprint density at radius 2 is 2.15 bits per heavy atom. The summed E-state index contributed by atoms with van der Waals surface area (Å²) in [5, 5.41) is 4.83. The first-order chi connectivity index (χ1) is 9.76. The number of unbranched alkanes of at least 4 members (excludes halogenated alkanes) is 2. The first kappa shape index (κ1) is 13.9. The van der Waals surface area contributed by atoms with E-state index in [4.69, 9.17) is 5.73 Å². The van der Waals surface area contributed by atoms with Crippen LogP contribution in [0.15, 0.2) is 5.16 Å². The Morgan fingerprint density at radius 3 is 2.90 bits per heavy atom. The van der Waals surface area contributed by atoms with Gasteiger partial charge in [0.25, 0.3) is 0 Å². The number of nitrogens with one attached hydrogen (secondary N) is 1. The molecule has 2 aromatic heterocycles. The first-order valence-electron chi connectivity index (χ1n) is 7.09. The van der Waals surface area contributed by atoms with E-state index in [0.717, 1.165) is 27.1 Å². The largest absolute Gasteiger partial charge is 0.375 e. The minimum absolute atomic E-state index is 0.557. The molecule has 0 saturated heterocycles. The molecule has 1 fully saturated rings. The van der Waals surface area contributed by atoms with Crippen molar-refractivity contribution in [3.8, 4) is 0 Å². The van der Waals surface area contributed by atoms with Gasteiger partial charge in [0.1, 0.15) is 4.70 Å². The zero-order valence-corrected chi connectivity index (χ0v) is 13.2. The molecule has 7 heteroatoms. The third kappa shape index (κ3) is 3.32. The number of nitrogen functional groups attached to an aromatic ring is 1. The Morgan fingerprint density at radius 1 is 1.30 bits per heavy atom. The second-order valence-corrected chi connectivity index (χ2v) is 7.13. The number of fused-ring (bicyclic) bond motifs is 1. The Balaban J connectivity index is 1.80. The maximum Gasteiger partial charge on any atom is 0.191 e. The number of nitrogens with two attached hydrogens (primary N) is 1. The van der Waals surface area contributed by atoms with Gasteiger partial charge in [0.2, 0.25) is 0 Å². The number of hydrogen-bond acceptors (Lipinski definition) is 7. The molecule has 0 radical (unpaired) electrons. The summed E-state index contributed by atoms with van der Waals surface area (Å²) in [6.07, 6.45) is 6.13. The van der Waals surface area contributed by atoms with E-state index in [2.05, 4.69) is 27.2 Å². The van der Waals surface area contributed by atoms with E-state index in [1.807, 2.05) is 0 Å². The number of anilines is 2. The fourth-order valence-electron chi connectivity index (χ4n) is 1.92. The molecule has 20 heavy (non-hydrogen) atoms. The van der Waals surface area contributed by atoms with Crippen LogP contribution >= 0.6 is 23.1 Å². The summed E-state index contributed by atoms with van der Waals surface area (Å²) >= 11 is 3.17. The molecule has 0 atom stereocenters. The van der Waals surface area contributed by atoms with E-state index in [1.54, 1.807) is 11.8 Å². The minimum atomic E-state index is 0.557. The molecular weight excluding hydrogens is 290 g/mol. The third-order valence-corrected chi connectivity index (χ3v) is 4.96. The number of thioether (sulfide) groups is 1. The van der Waals surface area contributed by atoms with Crippen LogP contribution < -0.4 is 11.1 Å². The van der Waals surface area contributed by atoms with Gasteiger partial charge in [-0.25, -0.2) is 15.0 Å². The topological polar surface area (TPSA) is 76.7 Å².